The number of hydrogen-bond donors (Lipinski definition) is 2. The number of carbonyl (C=O) groups is 1. The minimum Gasteiger partial charge on any atom is -0.356 e. The maximum absolute atomic E-state index is 13.4. The van der Waals surface area contributed by atoms with Gasteiger partial charge >= 0.3 is 6.18 Å². The molecule has 1 aliphatic heterocycles. The van der Waals surface area contributed by atoms with Crippen molar-refractivity contribution in [3.05, 3.63) is 39.9 Å². The van der Waals surface area contributed by atoms with Gasteiger partial charge in [0.1, 0.15) is 5.69 Å². The lowest BCUT2D eigenvalue weighted by Gasteiger charge is -2.31. The zero-order valence-electron chi connectivity index (χ0n) is 16.9. The Balaban J connectivity index is 2.02. The van der Waals surface area contributed by atoms with E-state index >= 15 is 0 Å². The first kappa shape index (κ1) is 21.3. The van der Waals surface area contributed by atoms with E-state index in [0.717, 1.165) is 6.92 Å². The quantitative estimate of drug-likeness (QED) is 0.786. The molecule has 2 aromatic rings. The number of alkyl halides is 3. The highest BCUT2D eigenvalue weighted by atomic mass is 19.4. The zero-order valence-corrected chi connectivity index (χ0v) is 16.9. The molecule has 0 spiro atoms. The van der Waals surface area contributed by atoms with Gasteiger partial charge in [-0.2, -0.15) is 13.2 Å². The largest absolute Gasteiger partial charge is 0.417 e. The molecule has 3 atom stereocenters. The Kier molecular flexibility index (Phi) is 5.01. The van der Waals surface area contributed by atoms with Gasteiger partial charge in [0.2, 0.25) is 0 Å². The van der Waals surface area contributed by atoms with Crippen molar-refractivity contribution >= 4 is 16.8 Å². The minimum absolute atomic E-state index is 0.0361. The summed E-state index contributed by atoms with van der Waals surface area (Å²) in [5.41, 5.74) is -2.79. The Morgan fingerprint density at radius 3 is 2.55 bits per heavy atom. The van der Waals surface area contributed by atoms with Crippen LogP contribution in [0.5, 0.6) is 0 Å². The van der Waals surface area contributed by atoms with Crippen molar-refractivity contribution in [2.24, 2.45) is 5.92 Å². The van der Waals surface area contributed by atoms with Crippen LogP contribution in [0.4, 0.5) is 13.2 Å². The molecule has 1 saturated heterocycles. The van der Waals surface area contributed by atoms with E-state index in [4.69, 9.17) is 4.74 Å². The number of aromatic amines is 1. The summed E-state index contributed by atoms with van der Waals surface area (Å²) in [7, 11) is 0. The summed E-state index contributed by atoms with van der Waals surface area (Å²) in [5, 5.41) is 2.84. The maximum atomic E-state index is 13.4. The van der Waals surface area contributed by atoms with Crippen molar-refractivity contribution in [3.63, 3.8) is 0 Å². The number of aromatic nitrogens is 2. The lowest BCUT2D eigenvalue weighted by molar-refractivity contribution is -0.275. The fourth-order valence-electron chi connectivity index (χ4n) is 3.51. The molecule has 9 heteroatoms. The number of ether oxygens (including phenoxy) is 1. The summed E-state index contributed by atoms with van der Waals surface area (Å²) < 4.78 is 45.7. The van der Waals surface area contributed by atoms with Crippen molar-refractivity contribution in [3.8, 4) is 0 Å². The molecule has 2 aromatic heterocycles. The molecule has 6 nitrogen and oxygen atoms in total. The molecule has 158 valence electrons. The highest BCUT2D eigenvalue weighted by Crippen LogP contribution is 2.51. The van der Waals surface area contributed by atoms with Gasteiger partial charge in [-0.3, -0.25) is 14.6 Å². The Bertz CT molecular complexity index is 1010. The number of nitrogens with zero attached hydrogens (tertiary/aromatic N) is 1. The number of halogens is 3. The van der Waals surface area contributed by atoms with Crippen LogP contribution >= 0.6 is 0 Å². The summed E-state index contributed by atoms with van der Waals surface area (Å²) in [6.45, 7) is 7.90. The molecule has 0 saturated carbocycles. The Morgan fingerprint density at radius 1 is 1.34 bits per heavy atom. The smallest absolute Gasteiger partial charge is 0.356 e. The van der Waals surface area contributed by atoms with E-state index in [9.17, 15) is 22.8 Å². The number of pyridine rings is 2. The topological polar surface area (TPSA) is 84.1 Å². The average Bonchev–Trinajstić information content (AvgIpc) is 2.89. The van der Waals surface area contributed by atoms with Crippen LogP contribution in [0.15, 0.2) is 23.1 Å². The monoisotopic (exact) mass is 411 g/mol. The predicted octanol–water partition coefficient (Wildman–Crippen LogP) is 3.87. The summed E-state index contributed by atoms with van der Waals surface area (Å²) in [6.07, 6.45) is -3.95. The summed E-state index contributed by atoms with van der Waals surface area (Å²) in [6, 6.07) is 2.70. The summed E-state index contributed by atoms with van der Waals surface area (Å²) in [4.78, 5) is 32.3. The van der Waals surface area contributed by atoms with Crippen molar-refractivity contribution in [1.29, 1.82) is 0 Å². The highest BCUT2D eigenvalue weighted by molar-refractivity contribution is 6.04. The molecular weight excluding hydrogens is 387 g/mol. The van der Waals surface area contributed by atoms with Gasteiger partial charge < -0.3 is 15.0 Å². The van der Waals surface area contributed by atoms with Crippen molar-refractivity contribution in [2.45, 2.75) is 64.5 Å². The van der Waals surface area contributed by atoms with Crippen molar-refractivity contribution < 1.29 is 22.7 Å². The van der Waals surface area contributed by atoms with Gasteiger partial charge in [-0.05, 0) is 46.1 Å². The molecular formula is C20H24F3N3O3. The standard InChI is InChI=1S/C20H24F3N3O3/c1-10-8-14(29-19(10,5)20(21,22)23)12-9-13(27)15-11(25-12)6-7-24-16(15)17(28)26-18(2,3)4/h6-7,9-10,14H,8H2,1-5H3,(H,25,27)(H,26,28)/t10-,14-,19+/m0/s1. The van der Waals surface area contributed by atoms with Gasteiger partial charge in [0.15, 0.2) is 11.0 Å². The van der Waals surface area contributed by atoms with E-state index in [-0.39, 0.29) is 23.2 Å². The van der Waals surface area contributed by atoms with Gasteiger partial charge in [0.25, 0.3) is 5.91 Å². The van der Waals surface area contributed by atoms with E-state index in [1.54, 1.807) is 20.8 Å². The number of H-pyrrole nitrogens is 1. The number of rotatable bonds is 2. The second-order valence-electron chi connectivity index (χ2n) is 8.72. The van der Waals surface area contributed by atoms with Gasteiger partial charge in [0, 0.05) is 23.5 Å². The number of hydrogen-bond acceptors (Lipinski definition) is 4. The summed E-state index contributed by atoms with van der Waals surface area (Å²) in [5.74, 6) is -1.28. The number of amides is 1. The van der Waals surface area contributed by atoms with Crippen LogP contribution in [0, 0.1) is 5.92 Å². The summed E-state index contributed by atoms with van der Waals surface area (Å²) >= 11 is 0. The lowest BCUT2D eigenvalue weighted by Crippen LogP contribution is -2.46. The third-order valence-corrected chi connectivity index (χ3v) is 5.27. The molecule has 3 heterocycles. The fraction of sp³-hybridized carbons (Fsp3) is 0.550. The number of carbonyl (C=O) groups excluding carboxylic acids is 1. The number of fused-ring (bicyclic) bond motifs is 1. The highest BCUT2D eigenvalue weighted by Gasteiger charge is 2.60. The van der Waals surface area contributed by atoms with E-state index in [2.05, 4.69) is 15.3 Å². The first-order valence-electron chi connectivity index (χ1n) is 9.32. The first-order valence-corrected chi connectivity index (χ1v) is 9.32. The fourth-order valence-corrected chi connectivity index (χ4v) is 3.51. The Hall–Kier alpha value is -2.42. The van der Waals surface area contributed by atoms with E-state index in [1.807, 2.05) is 0 Å². The molecule has 0 aromatic carbocycles. The lowest BCUT2D eigenvalue weighted by atomic mass is 9.89. The molecule has 1 fully saturated rings. The molecule has 1 amide bonds. The molecule has 1 aliphatic rings. The van der Waals surface area contributed by atoms with Crippen molar-refractivity contribution in [1.82, 2.24) is 15.3 Å². The molecule has 29 heavy (non-hydrogen) atoms. The SMILES string of the molecule is C[C@H]1C[C@@H](c2cc(=O)c3c(C(=O)NC(C)(C)C)nccc3[nH]2)O[C@@]1(C)C(F)(F)F. The molecule has 3 rings (SSSR count). The normalized spacial score (nSPS) is 25.4. The molecule has 2 N–H and O–H groups in total. The number of nitrogens with one attached hydrogen (secondary N) is 2. The molecule has 0 aliphatic carbocycles. The molecule has 0 bridgehead atoms. The van der Waals surface area contributed by atoms with Gasteiger partial charge in [0.05, 0.1) is 17.0 Å². The van der Waals surface area contributed by atoms with Crippen LogP contribution in [-0.4, -0.2) is 33.2 Å². The molecule has 0 radical (unpaired) electrons. The second kappa shape index (κ2) is 6.83. The van der Waals surface area contributed by atoms with E-state index < -0.39 is 40.7 Å². The first-order chi connectivity index (χ1) is 13.2. The van der Waals surface area contributed by atoms with E-state index in [0.29, 0.717) is 5.52 Å². The van der Waals surface area contributed by atoms with E-state index in [1.165, 1.54) is 25.3 Å². The molecule has 0 unspecified atom stereocenters. The third kappa shape index (κ3) is 3.88. The van der Waals surface area contributed by atoms with Crippen LogP contribution < -0.4 is 10.7 Å². The average molecular weight is 411 g/mol. The second-order valence-corrected chi connectivity index (χ2v) is 8.72. The maximum Gasteiger partial charge on any atom is 0.417 e. The van der Waals surface area contributed by atoms with Crippen LogP contribution in [-0.2, 0) is 4.74 Å². The Labute approximate surface area is 165 Å². The van der Waals surface area contributed by atoms with Crippen LogP contribution in [0.3, 0.4) is 0 Å². The minimum atomic E-state index is -4.53. The van der Waals surface area contributed by atoms with Gasteiger partial charge in [-0.1, -0.05) is 6.92 Å². The van der Waals surface area contributed by atoms with Crippen molar-refractivity contribution in [2.75, 3.05) is 0 Å². The predicted molar refractivity (Wildman–Crippen MR) is 102 cm³/mol. The van der Waals surface area contributed by atoms with Gasteiger partial charge in [-0.25, -0.2) is 0 Å². The van der Waals surface area contributed by atoms with Crippen LogP contribution in [0.2, 0.25) is 0 Å². The van der Waals surface area contributed by atoms with Crippen LogP contribution in [0.25, 0.3) is 10.9 Å². The zero-order chi connectivity index (χ0) is 21.8. The third-order valence-electron chi connectivity index (χ3n) is 5.27. The van der Waals surface area contributed by atoms with Gasteiger partial charge in [-0.15, -0.1) is 0 Å². The Morgan fingerprint density at radius 2 is 2.00 bits per heavy atom. The van der Waals surface area contributed by atoms with Crippen LogP contribution in [0.1, 0.15) is 63.3 Å².